The number of H-pyrrole nitrogens is 2. The van der Waals surface area contributed by atoms with Crippen molar-refractivity contribution in [3.63, 3.8) is 0 Å². The van der Waals surface area contributed by atoms with Gasteiger partial charge in [0.15, 0.2) is 0 Å². The van der Waals surface area contributed by atoms with Crippen LogP contribution in [0.5, 0.6) is 0 Å². The molecule has 9 nitrogen and oxygen atoms in total. The second-order valence-corrected chi connectivity index (χ2v) is 10.3. The van der Waals surface area contributed by atoms with E-state index in [-0.39, 0.29) is 41.7 Å². The number of hydrogen-bond acceptors (Lipinski definition) is 6. The molecule has 186 valence electrons. The zero-order chi connectivity index (χ0) is 25.1. The van der Waals surface area contributed by atoms with Crippen LogP contribution in [0.15, 0.2) is 72.0 Å². The quantitative estimate of drug-likeness (QED) is 0.326. The van der Waals surface area contributed by atoms with Gasteiger partial charge < -0.3 is 20.9 Å². The van der Waals surface area contributed by atoms with Crippen LogP contribution in [0.3, 0.4) is 0 Å². The van der Waals surface area contributed by atoms with Crippen molar-refractivity contribution in [1.29, 1.82) is 0 Å². The molecular weight excluding hydrogens is 466 g/mol. The van der Waals surface area contributed by atoms with E-state index in [0.717, 1.165) is 45.8 Å². The number of carbonyl (C=O) groups excluding carboxylic acids is 1. The number of anilines is 3. The molecule has 6 unspecified atom stereocenters. The number of carbonyl (C=O) groups is 1. The maximum Gasteiger partial charge on any atom is 0.351 e. The summed E-state index contributed by atoms with van der Waals surface area (Å²) in [6, 6.07) is 20.1. The lowest BCUT2D eigenvalue weighted by atomic mass is 9.73. The van der Waals surface area contributed by atoms with Gasteiger partial charge in [0, 0.05) is 18.0 Å². The van der Waals surface area contributed by atoms with Crippen LogP contribution in [0.25, 0.3) is 11.0 Å². The number of fused-ring (bicyclic) bond motifs is 6. The Morgan fingerprint density at radius 3 is 2.81 bits per heavy atom. The fraction of sp³-hybridized carbons (Fsp3) is 0.286. The molecule has 0 spiro atoms. The zero-order valence-corrected chi connectivity index (χ0v) is 20.3. The minimum absolute atomic E-state index is 0.0170. The number of hydrogen-bond donors (Lipinski definition) is 4. The largest absolute Gasteiger partial charge is 0.391 e. The van der Waals surface area contributed by atoms with Crippen molar-refractivity contribution in [2.45, 2.75) is 25.5 Å². The Morgan fingerprint density at radius 1 is 1.14 bits per heavy atom. The van der Waals surface area contributed by atoms with Gasteiger partial charge in [-0.1, -0.05) is 52.6 Å². The standard InChI is InChI=1S/C28H27N7O2/c1-14-6-5-9-16(12-14)31-28-33-26-17(10-11-30-26)27(34-28)32-23-18-13-19(21(23)25(29)36)24-20(18)22(35-37-24)15-7-3-2-4-8-15/h2-12,18-21,23-24H,13H2,1H3,(H2,29,36)(H3,30,31,32,33,34)/p+1. The number of benzene rings is 2. The van der Waals surface area contributed by atoms with E-state index in [4.69, 9.17) is 15.6 Å². The Bertz CT molecular complexity index is 1530. The van der Waals surface area contributed by atoms with Crippen LogP contribution >= 0.6 is 0 Å². The van der Waals surface area contributed by atoms with Gasteiger partial charge in [-0.2, -0.15) is 0 Å². The van der Waals surface area contributed by atoms with Gasteiger partial charge in [0.05, 0.1) is 34.7 Å². The van der Waals surface area contributed by atoms with Crippen molar-refractivity contribution < 1.29 is 14.6 Å². The number of nitrogens with zero attached hydrogens (tertiary/aromatic N) is 2. The van der Waals surface area contributed by atoms with Gasteiger partial charge in [-0.05, 0) is 42.7 Å². The smallest absolute Gasteiger partial charge is 0.351 e. The van der Waals surface area contributed by atoms with E-state index in [2.05, 4.69) is 56.9 Å². The summed E-state index contributed by atoms with van der Waals surface area (Å²) < 4.78 is 0. The zero-order valence-electron chi connectivity index (χ0n) is 20.3. The van der Waals surface area contributed by atoms with Gasteiger partial charge >= 0.3 is 5.95 Å². The third kappa shape index (κ3) is 3.53. The molecule has 2 aromatic carbocycles. The van der Waals surface area contributed by atoms with Crippen LogP contribution in [-0.2, 0) is 9.63 Å². The van der Waals surface area contributed by atoms with Crippen molar-refractivity contribution in [2.24, 2.45) is 34.6 Å². The Kier molecular flexibility index (Phi) is 4.92. The summed E-state index contributed by atoms with van der Waals surface area (Å²) in [6.45, 7) is 2.05. The number of primary amides is 1. The molecule has 0 radical (unpaired) electrons. The maximum absolute atomic E-state index is 12.7. The molecule has 2 aliphatic carbocycles. The van der Waals surface area contributed by atoms with Crippen molar-refractivity contribution in [2.75, 3.05) is 10.6 Å². The molecule has 4 aromatic rings. The van der Waals surface area contributed by atoms with Gasteiger partial charge in [-0.15, -0.1) is 0 Å². The summed E-state index contributed by atoms with van der Waals surface area (Å²) in [5, 5.41) is 12.5. The lowest BCUT2D eigenvalue weighted by Crippen LogP contribution is -2.51. The molecule has 2 aromatic heterocycles. The molecule has 0 saturated heterocycles. The molecule has 6 N–H and O–H groups in total. The highest BCUT2D eigenvalue weighted by Crippen LogP contribution is 2.56. The molecule has 6 atom stereocenters. The molecule has 1 aliphatic heterocycles. The average Bonchev–Trinajstić information content (AvgIpc) is 3.66. The lowest BCUT2D eigenvalue weighted by molar-refractivity contribution is -0.346. The molecule has 2 fully saturated rings. The van der Waals surface area contributed by atoms with Crippen molar-refractivity contribution in [3.8, 4) is 0 Å². The van der Waals surface area contributed by atoms with Crippen LogP contribution in [0, 0.1) is 30.6 Å². The Labute approximate surface area is 213 Å². The minimum atomic E-state index is -0.361. The van der Waals surface area contributed by atoms with Crippen LogP contribution in [0.4, 0.5) is 17.5 Å². The second kappa shape index (κ2) is 8.33. The van der Waals surface area contributed by atoms with Gasteiger partial charge in [0.1, 0.15) is 6.10 Å². The summed E-state index contributed by atoms with van der Waals surface area (Å²) in [5.74, 6) is 0.988. The van der Waals surface area contributed by atoms with Crippen molar-refractivity contribution >= 4 is 40.1 Å². The van der Waals surface area contributed by atoms with Gasteiger partial charge in [0.25, 0.3) is 0 Å². The Morgan fingerprint density at radius 2 is 2.00 bits per heavy atom. The van der Waals surface area contributed by atoms with E-state index < -0.39 is 0 Å². The predicted octanol–water partition coefficient (Wildman–Crippen LogP) is 3.38. The number of amides is 1. The van der Waals surface area contributed by atoms with E-state index in [9.17, 15) is 4.79 Å². The summed E-state index contributed by atoms with van der Waals surface area (Å²) in [7, 11) is 0. The third-order valence-corrected chi connectivity index (χ3v) is 8.13. The van der Waals surface area contributed by atoms with Crippen molar-refractivity contribution in [3.05, 3.63) is 78.0 Å². The number of aryl methyl sites for hydroxylation is 1. The fourth-order valence-electron chi connectivity index (χ4n) is 6.66. The maximum atomic E-state index is 12.7. The Hall–Kier alpha value is -4.40. The fourth-order valence-corrected chi connectivity index (χ4v) is 6.66. The van der Waals surface area contributed by atoms with Gasteiger partial charge in [-0.25, -0.2) is 4.98 Å². The highest BCUT2D eigenvalue weighted by atomic mass is 16.6. The average molecular weight is 495 g/mol. The first-order chi connectivity index (χ1) is 18.1. The van der Waals surface area contributed by atoms with E-state index in [1.54, 1.807) is 0 Å². The van der Waals surface area contributed by atoms with Crippen LogP contribution in [-0.4, -0.2) is 33.7 Å². The molecule has 3 heterocycles. The minimum Gasteiger partial charge on any atom is -0.391 e. The highest BCUT2D eigenvalue weighted by Gasteiger charge is 2.65. The monoisotopic (exact) mass is 494 g/mol. The predicted molar refractivity (Wildman–Crippen MR) is 140 cm³/mol. The topological polar surface area (TPSA) is 132 Å². The number of nitrogens with two attached hydrogens (primary N) is 1. The lowest BCUT2D eigenvalue weighted by Gasteiger charge is -2.34. The van der Waals surface area contributed by atoms with Gasteiger partial charge in [-0.3, -0.25) is 10.1 Å². The summed E-state index contributed by atoms with van der Waals surface area (Å²) >= 11 is 0. The molecule has 7 rings (SSSR count). The van der Waals surface area contributed by atoms with E-state index in [1.165, 1.54) is 0 Å². The third-order valence-electron chi connectivity index (χ3n) is 8.13. The van der Waals surface area contributed by atoms with Crippen LogP contribution < -0.4 is 21.4 Å². The van der Waals surface area contributed by atoms with Crippen LogP contribution in [0.1, 0.15) is 17.5 Å². The van der Waals surface area contributed by atoms with E-state index in [0.29, 0.717) is 5.95 Å². The number of aromatic amines is 2. The molecule has 9 heteroatoms. The number of oxime groups is 1. The van der Waals surface area contributed by atoms with Crippen molar-refractivity contribution in [1.82, 2.24) is 9.97 Å². The highest BCUT2D eigenvalue weighted by molar-refractivity contribution is 6.04. The van der Waals surface area contributed by atoms with Gasteiger partial charge in [0.2, 0.25) is 17.4 Å². The molecule has 2 saturated carbocycles. The number of rotatable bonds is 6. The van der Waals surface area contributed by atoms with E-state index >= 15 is 0 Å². The second-order valence-electron chi connectivity index (χ2n) is 10.3. The first-order valence-electron chi connectivity index (χ1n) is 12.7. The van der Waals surface area contributed by atoms with E-state index in [1.807, 2.05) is 42.6 Å². The molecule has 37 heavy (non-hydrogen) atoms. The summed E-state index contributed by atoms with van der Waals surface area (Å²) in [4.78, 5) is 30.0. The molecule has 2 bridgehead atoms. The normalized spacial score (nSPS) is 27.5. The number of nitrogens with one attached hydrogen (secondary N) is 4. The number of aromatic nitrogens is 3. The molecule has 3 aliphatic rings. The Balaban J connectivity index is 1.24. The first kappa shape index (κ1) is 21.8. The first-order valence-corrected chi connectivity index (χ1v) is 12.7. The van der Waals surface area contributed by atoms with Crippen LogP contribution in [0.2, 0.25) is 0 Å². The SMILES string of the molecule is Cc1cccc(Nc2nc3[nH]ccc3c(NC3C4CC(C5ON=C(c6ccccc6)C45)C3C(N)=O)[nH+]2)c1. The summed E-state index contributed by atoms with van der Waals surface area (Å²) in [6.07, 6.45) is 2.60. The molecule has 1 amide bonds. The summed E-state index contributed by atoms with van der Waals surface area (Å²) in [5.41, 5.74) is 10.8. The molecular formula is C28H28N7O2+.